The highest BCUT2D eigenvalue weighted by atomic mass is 16.5. The number of carboxylic acid groups (broad SMARTS) is 1. The number of nitrogens with one attached hydrogen (secondary N) is 1. The number of carbonyl (C=O) groups is 2. The number of furan rings is 1. The maximum Gasteiger partial charge on any atom is 0.317 e. The number of hydrogen-bond donors (Lipinski definition) is 2. The molecule has 2 heterocycles. The minimum atomic E-state index is -0.810. The average Bonchev–Trinajstić information content (AvgIpc) is 3.14. The van der Waals surface area contributed by atoms with Crippen molar-refractivity contribution in [3.63, 3.8) is 0 Å². The number of morpholine rings is 1. The molecular formula is C15H20N2O5. The van der Waals surface area contributed by atoms with Gasteiger partial charge in [0.05, 0.1) is 25.5 Å². The topological polar surface area (TPSA) is 92.0 Å². The molecule has 120 valence electrons. The number of nitrogens with zero attached hydrogens (tertiary/aromatic N) is 1. The third-order valence-electron chi connectivity index (χ3n) is 4.44. The molecule has 0 unspecified atom stereocenters. The van der Waals surface area contributed by atoms with Crippen LogP contribution in [0.3, 0.4) is 0 Å². The van der Waals surface area contributed by atoms with Gasteiger partial charge >= 0.3 is 5.97 Å². The predicted octanol–water partition coefficient (Wildman–Crippen LogP) is 0.573. The fraction of sp³-hybridized carbons (Fsp3) is 0.600. The molecule has 1 aromatic rings. The summed E-state index contributed by atoms with van der Waals surface area (Å²) in [5, 5.41) is 11.9. The molecule has 7 nitrogen and oxygen atoms in total. The van der Waals surface area contributed by atoms with Crippen LogP contribution in [0.15, 0.2) is 22.8 Å². The van der Waals surface area contributed by atoms with Crippen molar-refractivity contribution < 1.29 is 23.8 Å². The van der Waals surface area contributed by atoms with Crippen molar-refractivity contribution in [2.75, 3.05) is 26.2 Å². The minimum absolute atomic E-state index is 0.00926. The second kappa shape index (κ2) is 6.50. The largest absolute Gasteiger partial charge is 0.480 e. The molecule has 7 heteroatoms. The van der Waals surface area contributed by atoms with Crippen molar-refractivity contribution >= 4 is 11.9 Å². The van der Waals surface area contributed by atoms with Crippen LogP contribution in [0.1, 0.15) is 23.4 Å². The molecule has 1 amide bonds. The molecule has 3 atom stereocenters. The number of ether oxygens (including phenoxy) is 1. The highest BCUT2D eigenvalue weighted by molar-refractivity contribution is 5.91. The summed E-state index contributed by atoms with van der Waals surface area (Å²) >= 11 is 0. The van der Waals surface area contributed by atoms with E-state index in [1.54, 1.807) is 12.1 Å². The molecular weight excluding hydrogens is 288 g/mol. The van der Waals surface area contributed by atoms with Gasteiger partial charge in [-0.3, -0.25) is 14.5 Å². The fourth-order valence-electron chi connectivity index (χ4n) is 3.44. The van der Waals surface area contributed by atoms with Crippen LogP contribution >= 0.6 is 0 Å². The first-order valence-corrected chi connectivity index (χ1v) is 7.54. The van der Waals surface area contributed by atoms with Crippen molar-refractivity contribution in [2.45, 2.75) is 25.0 Å². The van der Waals surface area contributed by atoms with Crippen LogP contribution in [0.25, 0.3) is 0 Å². The number of aliphatic carboxylic acids is 1. The van der Waals surface area contributed by atoms with Crippen molar-refractivity contribution in [2.24, 2.45) is 5.92 Å². The molecule has 1 saturated carbocycles. The van der Waals surface area contributed by atoms with Gasteiger partial charge in [0.1, 0.15) is 0 Å². The van der Waals surface area contributed by atoms with Crippen LogP contribution < -0.4 is 5.32 Å². The Morgan fingerprint density at radius 1 is 1.41 bits per heavy atom. The third-order valence-corrected chi connectivity index (χ3v) is 4.44. The number of hydrogen-bond acceptors (Lipinski definition) is 5. The van der Waals surface area contributed by atoms with Gasteiger partial charge in [0.2, 0.25) is 0 Å². The lowest BCUT2D eigenvalue weighted by Gasteiger charge is -2.38. The van der Waals surface area contributed by atoms with Crippen LogP contribution in [0, 0.1) is 5.92 Å². The smallest absolute Gasteiger partial charge is 0.317 e. The first-order chi connectivity index (χ1) is 10.6. The summed E-state index contributed by atoms with van der Waals surface area (Å²) in [5.74, 6) is -0.533. The Kier molecular flexibility index (Phi) is 4.44. The SMILES string of the molecule is O=C(O)CN1CCO[C@@H]2[C@H](CNC(=O)c3ccco3)CC[C@H]21. The van der Waals surface area contributed by atoms with Gasteiger partial charge in [-0.2, -0.15) is 0 Å². The van der Waals surface area contributed by atoms with Crippen LogP contribution in [0.4, 0.5) is 0 Å². The molecule has 1 saturated heterocycles. The summed E-state index contributed by atoms with van der Waals surface area (Å²) in [6, 6.07) is 3.43. The van der Waals surface area contributed by atoms with E-state index in [0.717, 1.165) is 12.8 Å². The summed E-state index contributed by atoms with van der Waals surface area (Å²) in [6.45, 7) is 1.76. The Morgan fingerprint density at radius 3 is 3.00 bits per heavy atom. The van der Waals surface area contributed by atoms with Gasteiger partial charge in [-0.05, 0) is 25.0 Å². The van der Waals surface area contributed by atoms with Gasteiger partial charge in [-0.15, -0.1) is 0 Å². The van der Waals surface area contributed by atoms with Gasteiger partial charge in [0.25, 0.3) is 5.91 Å². The zero-order chi connectivity index (χ0) is 15.5. The number of fused-ring (bicyclic) bond motifs is 1. The van der Waals surface area contributed by atoms with Crippen LogP contribution in [-0.2, 0) is 9.53 Å². The van der Waals surface area contributed by atoms with Gasteiger partial charge in [0, 0.05) is 25.0 Å². The number of rotatable bonds is 5. The standard InChI is InChI=1S/C15H20N2O5/c18-13(19)9-17-5-7-22-14-10(3-4-11(14)17)8-16-15(20)12-2-1-6-21-12/h1-2,6,10-11,14H,3-5,7-9H2,(H,16,20)(H,18,19)/t10-,11+,14+/m0/s1. The minimum Gasteiger partial charge on any atom is -0.480 e. The average molecular weight is 308 g/mol. The van der Waals surface area contributed by atoms with Crippen molar-refractivity contribution in [3.8, 4) is 0 Å². The summed E-state index contributed by atoms with van der Waals surface area (Å²) in [7, 11) is 0. The highest BCUT2D eigenvalue weighted by Gasteiger charge is 2.43. The molecule has 1 aliphatic heterocycles. The number of carboxylic acids is 1. The van der Waals surface area contributed by atoms with E-state index in [4.69, 9.17) is 14.3 Å². The molecule has 0 spiro atoms. The van der Waals surface area contributed by atoms with E-state index in [0.29, 0.717) is 25.5 Å². The molecule has 1 aromatic heterocycles. The molecule has 2 N–H and O–H groups in total. The van der Waals surface area contributed by atoms with Crippen LogP contribution in [0.5, 0.6) is 0 Å². The monoisotopic (exact) mass is 308 g/mol. The van der Waals surface area contributed by atoms with Gasteiger partial charge in [-0.1, -0.05) is 0 Å². The predicted molar refractivity (Wildman–Crippen MR) is 76.5 cm³/mol. The summed E-state index contributed by atoms with van der Waals surface area (Å²) in [6.07, 6.45) is 3.28. The lowest BCUT2D eigenvalue weighted by Crippen LogP contribution is -2.52. The van der Waals surface area contributed by atoms with Crippen molar-refractivity contribution in [3.05, 3.63) is 24.2 Å². The zero-order valence-electron chi connectivity index (χ0n) is 12.2. The van der Waals surface area contributed by atoms with E-state index in [1.165, 1.54) is 6.26 Å². The van der Waals surface area contributed by atoms with Crippen molar-refractivity contribution in [1.82, 2.24) is 10.2 Å². The molecule has 3 rings (SSSR count). The van der Waals surface area contributed by atoms with Crippen molar-refractivity contribution in [1.29, 1.82) is 0 Å². The Labute approximate surface area is 128 Å². The maximum atomic E-state index is 11.9. The normalized spacial score (nSPS) is 28.3. The molecule has 0 radical (unpaired) electrons. The fourth-order valence-corrected chi connectivity index (χ4v) is 3.44. The number of amides is 1. The maximum absolute atomic E-state index is 11.9. The molecule has 0 bridgehead atoms. The van der Waals surface area contributed by atoms with E-state index in [1.807, 2.05) is 4.90 Å². The van der Waals surface area contributed by atoms with Gasteiger partial charge < -0.3 is 19.6 Å². The van der Waals surface area contributed by atoms with E-state index in [9.17, 15) is 9.59 Å². The Bertz CT molecular complexity index is 530. The molecule has 2 aliphatic rings. The quantitative estimate of drug-likeness (QED) is 0.826. The summed E-state index contributed by atoms with van der Waals surface area (Å²) < 4.78 is 10.9. The lowest BCUT2D eigenvalue weighted by atomic mass is 10.0. The Hall–Kier alpha value is -1.86. The van der Waals surface area contributed by atoms with Crippen LogP contribution in [0.2, 0.25) is 0 Å². The van der Waals surface area contributed by atoms with E-state index >= 15 is 0 Å². The lowest BCUT2D eigenvalue weighted by molar-refractivity contribution is -0.142. The first-order valence-electron chi connectivity index (χ1n) is 7.54. The molecule has 1 aliphatic carbocycles. The third kappa shape index (κ3) is 3.15. The highest BCUT2D eigenvalue weighted by Crippen LogP contribution is 2.34. The first kappa shape index (κ1) is 15.1. The summed E-state index contributed by atoms with van der Waals surface area (Å²) in [5.41, 5.74) is 0. The Morgan fingerprint density at radius 2 is 2.27 bits per heavy atom. The zero-order valence-corrected chi connectivity index (χ0v) is 12.2. The second-order valence-corrected chi connectivity index (χ2v) is 5.79. The molecule has 2 fully saturated rings. The Balaban J connectivity index is 1.55. The van der Waals surface area contributed by atoms with Crippen LogP contribution in [-0.4, -0.2) is 60.3 Å². The van der Waals surface area contributed by atoms with E-state index in [2.05, 4.69) is 5.32 Å². The van der Waals surface area contributed by atoms with Gasteiger partial charge in [0.15, 0.2) is 5.76 Å². The number of carbonyl (C=O) groups excluding carboxylic acids is 1. The van der Waals surface area contributed by atoms with E-state index < -0.39 is 5.97 Å². The molecule has 22 heavy (non-hydrogen) atoms. The molecule has 0 aromatic carbocycles. The summed E-state index contributed by atoms with van der Waals surface area (Å²) in [4.78, 5) is 24.8. The van der Waals surface area contributed by atoms with E-state index in [-0.39, 0.29) is 30.5 Å². The second-order valence-electron chi connectivity index (χ2n) is 5.79. The van der Waals surface area contributed by atoms with Gasteiger partial charge in [-0.25, -0.2) is 0 Å².